The molecule has 2 amide bonds. The molecule has 0 unspecified atom stereocenters. The van der Waals surface area contributed by atoms with E-state index in [9.17, 15) is 9.59 Å². The molecule has 27 heavy (non-hydrogen) atoms. The minimum Gasteiger partial charge on any atom is -0.341 e. The molecular weight excluding hydrogens is 403 g/mol. The van der Waals surface area contributed by atoms with Crippen LogP contribution < -0.4 is 5.32 Å². The van der Waals surface area contributed by atoms with Crippen LogP contribution in [0.3, 0.4) is 0 Å². The van der Waals surface area contributed by atoms with E-state index in [0.717, 1.165) is 12.8 Å². The largest absolute Gasteiger partial charge is 0.341 e. The third-order valence-electron chi connectivity index (χ3n) is 4.86. The molecule has 1 N–H and O–H groups in total. The van der Waals surface area contributed by atoms with E-state index in [2.05, 4.69) is 5.32 Å². The SMILES string of the molecule is CN(CC1CCCCC1)C(=O)c1c(Cl)cc(NC(=O)c2cccs2)cc1Cl. The Hall–Kier alpha value is -1.56. The molecular formula is C20H22Cl2N2O2S. The Labute approximate surface area is 173 Å². The smallest absolute Gasteiger partial charge is 0.265 e. The number of amides is 2. The van der Waals surface area contributed by atoms with Gasteiger partial charge in [0.2, 0.25) is 0 Å². The summed E-state index contributed by atoms with van der Waals surface area (Å²) in [5.41, 5.74) is 0.751. The van der Waals surface area contributed by atoms with E-state index in [0.29, 0.717) is 23.0 Å². The number of benzene rings is 1. The van der Waals surface area contributed by atoms with E-state index in [4.69, 9.17) is 23.2 Å². The monoisotopic (exact) mass is 424 g/mol. The highest BCUT2D eigenvalue weighted by Crippen LogP contribution is 2.31. The summed E-state index contributed by atoms with van der Waals surface area (Å²) in [7, 11) is 1.79. The first-order valence-electron chi connectivity index (χ1n) is 9.05. The lowest BCUT2D eigenvalue weighted by atomic mass is 9.89. The number of rotatable bonds is 5. The van der Waals surface area contributed by atoms with Gasteiger partial charge in [0, 0.05) is 19.3 Å². The summed E-state index contributed by atoms with van der Waals surface area (Å²) in [6.07, 6.45) is 6.06. The Morgan fingerprint density at radius 1 is 1.19 bits per heavy atom. The molecule has 0 saturated heterocycles. The van der Waals surface area contributed by atoms with Gasteiger partial charge in [-0.3, -0.25) is 9.59 Å². The lowest BCUT2D eigenvalue weighted by Crippen LogP contribution is -2.33. The van der Waals surface area contributed by atoms with Crippen LogP contribution in [0.4, 0.5) is 5.69 Å². The zero-order chi connectivity index (χ0) is 19.4. The molecule has 4 nitrogen and oxygen atoms in total. The van der Waals surface area contributed by atoms with Crippen LogP contribution in [0.5, 0.6) is 0 Å². The molecule has 0 bridgehead atoms. The highest BCUT2D eigenvalue weighted by atomic mass is 35.5. The van der Waals surface area contributed by atoms with Crippen LogP contribution >= 0.6 is 34.5 Å². The van der Waals surface area contributed by atoms with Crippen molar-refractivity contribution in [3.8, 4) is 0 Å². The Bertz CT molecular complexity index is 794. The average Bonchev–Trinajstić information content (AvgIpc) is 3.16. The van der Waals surface area contributed by atoms with E-state index >= 15 is 0 Å². The van der Waals surface area contributed by atoms with Gasteiger partial charge in [0.25, 0.3) is 11.8 Å². The van der Waals surface area contributed by atoms with Crippen LogP contribution in [0.15, 0.2) is 29.6 Å². The molecule has 0 spiro atoms. The second kappa shape index (κ2) is 9.09. The number of halogens is 2. The quantitative estimate of drug-likeness (QED) is 0.643. The lowest BCUT2D eigenvalue weighted by Gasteiger charge is -2.27. The molecule has 7 heteroatoms. The van der Waals surface area contributed by atoms with E-state index in [1.807, 2.05) is 11.4 Å². The predicted octanol–water partition coefficient (Wildman–Crippen LogP) is 5.96. The summed E-state index contributed by atoms with van der Waals surface area (Å²) in [4.78, 5) is 27.3. The van der Waals surface area contributed by atoms with Crippen LogP contribution in [-0.4, -0.2) is 30.3 Å². The molecule has 0 radical (unpaired) electrons. The summed E-state index contributed by atoms with van der Waals surface area (Å²) in [5.74, 6) is 0.118. The zero-order valence-corrected chi connectivity index (χ0v) is 17.5. The van der Waals surface area contributed by atoms with Gasteiger partial charge >= 0.3 is 0 Å². The van der Waals surface area contributed by atoms with Gasteiger partial charge in [-0.15, -0.1) is 11.3 Å². The van der Waals surface area contributed by atoms with Crippen molar-refractivity contribution < 1.29 is 9.59 Å². The summed E-state index contributed by atoms with van der Waals surface area (Å²) in [6, 6.07) is 6.69. The van der Waals surface area contributed by atoms with E-state index in [1.54, 1.807) is 30.1 Å². The Kier molecular flexibility index (Phi) is 6.79. The Morgan fingerprint density at radius 3 is 2.44 bits per heavy atom. The van der Waals surface area contributed by atoms with Crippen molar-refractivity contribution in [2.45, 2.75) is 32.1 Å². The van der Waals surface area contributed by atoms with Crippen LogP contribution in [0.2, 0.25) is 10.0 Å². The molecule has 144 valence electrons. The van der Waals surface area contributed by atoms with Crippen molar-refractivity contribution in [1.82, 2.24) is 4.90 Å². The number of nitrogens with one attached hydrogen (secondary N) is 1. The van der Waals surface area contributed by atoms with Gasteiger partial charge in [-0.2, -0.15) is 0 Å². The average molecular weight is 425 g/mol. The standard InChI is InChI=1S/C20H22Cl2N2O2S/c1-24(12-13-6-3-2-4-7-13)20(26)18-15(21)10-14(11-16(18)22)23-19(25)17-8-5-9-27-17/h5,8-11,13H,2-4,6-7,12H2,1H3,(H,23,25). The lowest BCUT2D eigenvalue weighted by molar-refractivity contribution is 0.0761. The minimum atomic E-state index is -0.231. The van der Waals surface area contributed by atoms with E-state index < -0.39 is 0 Å². The molecule has 1 aromatic carbocycles. The minimum absolute atomic E-state index is 0.188. The molecule has 1 heterocycles. The third-order valence-corrected chi connectivity index (χ3v) is 6.33. The topological polar surface area (TPSA) is 49.4 Å². The maximum Gasteiger partial charge on any atom is 0.265 e. The van der Waals surface area contributed by atoms with Gasteiger partial charge in [-0.25, -0.2) is 0 Å². The molecule has 0 atom stereocenters. The first-order chi connectivity index (χ1) is 13.0. The maximum absolute atomic E-state index is 12.9. The number of hydrogen-bond donors (Lipinski definition) is 1. The van der Waals surface area contributed by atoms with Crippen molar-refractivity contribution in [3.05, 3.63) is 50.1 Å². The fraction of sp³-hybridized carbons (Fsp3) is 0.400. The number of thiophene rings is 1. The van der Waals surface area contributed by atoms with Gasteiger partial charge in [0.15, 0.2) is 0 Å². The van der Waals surface area contributed by atoms with Crippen molar-refractivity contribution in [1.29, 1.82) is 0 Å². The van der Waals surface area contributed by atoms with Gasteiger partial charge < -0.3 is 10.2 Å². The van der Waals surface area contributed by atoms with Gasteiger partial charge in [0.1, 0.15) is 0 Å². The van der Waals surface area contributed by atoms with Gasteiger partial charge in [-0.05, 0) is 42.3 Å². The normalized spacial score (nSPS) is 14.8. The maximum atomic E-state index is 12.9. The van der Waals surface area contributed by atoms with Crippen molar-refractivity contribution in [2.75, 3.05) is 18.9 Å². The molecule has 1 aliphatic carbocycles. The molecule has 1 fully saturated rings. The summed E-state index contributed by atoms with van der Waals surface area (Å²) >= 11 is 14.0. The van der Waals surface area contributed by atoms with Gasteiger partial charge in [-0.1, -0.05) is 48.5 Å². The second-order valence-corrected chi connectivity index (χ2v) is 8.70. The fourth-order valence-electron chi connectivity index (χ4n) is 3.48. The second-order valence-electron chi connectivity index (χ2n) is 6.94. The summed E-state index contributed by atoms with van der Waals surface area (Å²) in [6.45, 7) is 0.711. The van der Waals surface area contributed by atoms with E-state index in [-0.39, 0.29) is 27.4 Å². The fourth-order valence-corrected chi connectivity index (χ4v) is 4.75. The number of anilines is 1. The van der Waals surface area contributed by atoms with Crippen LogP contribution in [0, 0.1) is 5.92 Å². The van der Waals surface area contributed by atoms with Crippen molar-refractivity contribution >= 4 is 52.0 Å². The predicted molar refractivity (Wildman–Crippen MR) is 112 cm³/mol. The van der Waals surface area contributed by atoms with Crippen LogP contribution in [-0.2, 0) is 0 Å². The Morgan fingerprint density at radius 2 is 1.85 bits per heavy atom. The van der Waals surface area contributed by atoms with Crippen molar-refractivity contribution in [2.24, 2.45) is 5.92 Å². The molecule has 1 aliphatic rings. The molecule has 3 rings (SSSR count). The molecule has 0 aliphatic heterocycles. The Balaban J connectivity index is 1.71. The summed E-state index contributed by atoms with van der Waals surface area (Å²) in [5, 5.41) is 5.08. The molecule has 1 saturated carbocycles. The number of carbonyl (C=O) groups is 2. The molecule has 2 aromatic rings. The zero-order valence-electron chi connectivity index (χ0n) is 15.1. The van der Waals surface area contributed by atoms with Crippen LogP contribution in [0.25, 0.3) is 0 Å². The molecule has 1 aromatic heterocycles. The van der Waals surface area contributed by atoms with Gasteiger partial charge in [0.05, 0.1) is 20.5 Å². The first-order valence-corrected chi connectivity index (χ1v) is 10.7. The van der Waals surface area contributed by atoms with E-state index in [1.165, 1.54) is 30.6 Å². The highest BCUT2D eigenvalue weighted by molar-refractivity contribution is 7.12. The highest BCUT2D eigenvalue weighted by Gasteiger charge is 2.23. The number of nitrogens with zero attached hydrogens (tertiary/aromatic N) is 1. The number of carbonyl (C=O) groups excluding carboxylic acids is 2. The summed E-state index contributed by atoms with van der Waals surface area (Å²) < 4.78 is 0. The number of hydrogen-bond acceptors (Lipinski definition) is 3. The third kappa shape index (κ3) is 5.03. The van der Waals surface area contributed by atoms with Crippen molar-refractivity contribution in [3.63, 3.8) is 0 Å². The first kappa shape index (κ1) is 20.2. The van der Waals surface area contributed by atoms with Crippen LogP contribution in [0.1, 0.15) is 52.1 Å².